The summed E-state index contributed by atoms with van der Waals surface area (Å²) in [5, 5.41) is 8.73. The molecule has 0 heterocycles. The summed E-state index contributed by atoms with van der Waals surface area (Å²) < 4.78 is 12.6. The van der Waals surface area contributed by atoms with Crippen LogP contribution < -0.4 is 0 Å². The normalized spacial score (nSPS) is 12.5. The van der Waals surface area contributed by atoms with Gasteiger partial charge >= 0.3 is 7.60 Å². The molecule has 24 heavy (non-hydrogen) atoms. The molecule has 0 atom stereocenters. The number of hydrogen-bond acceptors (Lipinski definition) is 2. The SMILES string of the molecule is CCCCc1cc(O)ccc1C(CCCC)(CCCC)P(=O)(O)O. The maximum atomic E-state index is 12.6. The van der Waals surface area contributed by atoms with Crippen LogP contribution in [0.2, 0.25) is 0 Å². The monoisotopic (exact) mass is 356 g/mol. The Hall–Kier alpha value is -0.830. The van der Waals surface area contributed by atoms with E-state index < -0.39 is 12.8 Å². The van der Waals surface area contributed by atoms with Crippen molar-refractivity contribution in [3.63, 3.8) is 0 Å². The molecule has 0 saturated heterocycles. The van der Waals surface area contributed by atoms with Crippen LogP contribution in [0.4, 0.5) is 0 Å². The standard InChI is InChI=1S/C19H33O4P/c1-4-7-10-16-15-17(20)11-12-18(16)19(13-8-5-2,14-9-6-3)24(21,22)23/h11-12,15,20H,4-10,13-14H2,1-3H3,(H2,21,22,23). The lowest BCUT2D eigenvalue weighted by molar-refractivity contribution is 0.299. The average molecular weight is 356 g/mol. The fourth-order valence-corrected chi connectivity index (χ4v) is 4.82. The fourth-order valence-electron chi connectivity index (χ4n) is 3.39. The van der Waals surface area contributed by atoms with Gasteiger partial charge in [0.25, 0.3) is 0 Å². The van der Waals surface area contributed by atoms with Gasteiger partial charge in [0.2, 0.25) is 0 Å². The van der Waals surface area contributed by atoms with E-state index in [1.807, 2.05) is 13.8 Å². The van der Waals surface area contributed by atoms with Crippen LogP contribution >= 0.6 is 7.60 Å². The van der Waals surface area contributed by atoms with E-state index in [0.717, 1.165) is 56.1 Å². The molecule has 0 aliphatic carbocycles. The molecule has 5 heteroatoms. The van der Waals surface area contributed by atoms with Crippen molar-refractivity contribution in [3.05, 3.63) is 29.3 Å². The summed E-state index contributed by atoms with van der Waals surface area (Å²) >= 11 is 0. The minimum absolute atomic E-state index is 0.162. The van der Waals surface area contributed by atoms with Crippen LogP contribution in [0.15, 0.2) is 18.2 Å². The molecule has 0 fully saturated rings. The minimum Gasteiger partial charge on any atom is -0.508 e. The molecule has 0 bridgehead atoms. The maximum absolute atomic E-state index is 12.6. The van der Waals surface area contributed by atoms with Gasteiger partial charge in [-0.05, 0) is 48.9 Å². The van der Waals surface area contributed by atoms with Crippen molar-refractivity contribution in [2.24, 2.45) is 0 Å². The largest absolute Gasteiger partial charge is 0.508 e. The Morgan fingerprint density at radius 1 is 0.958 bits per heavy atom. The lowest BCUT2D eigenvalue weighted by atomic mass is 9.83. The highest BCUT2D eigenvalue weighted by Crippen LogP contribution is 2.63. The van der Waals surface area contributed by atoms with Crippen LogP contribution in [-0.4, -0.2) is 14.9 Å². The molecular weight excluding hydrogens is 323 g/mol. The molecule has 0 saturated carbocycles. The Balaban J connectivity index is 3.48. The van der Waals surface area contributed by atoms with Crippen molar-refractivity contribution < 1.29 is 19.5 Å². The molecular formula is C19H33O4P. The van der Waals surface area contributed by atoms with Gasteiger partial charge in [-0.25, -0.2) is 0 Å². The third-order valence-electron chi connectivity index (χ3n) is 4.84. The van der Waals surface area contributed by atoms with Crippen molar-refractivity contribution in [2.75, 3.05) is 0 Å². The molecule has 0 aromatic heterocycles. The van der Waals surface area contributed by atoms with Gasteiger partial charge in [0, 0.05) is 0 Å². The molecule has 0 amide bonds. The topological polar surface area (TPSA) is 77.8 Å². The molecule has 0 aliphatic rings. The number of hydrogen-bond donors (Lipinski definition) is 3. The van der Waals surface area contributed by atoms with Crippen LogP contribution in [-0.2, 0) is 16.1 Å². The van der Waals surface area contributed by atoms with Crippen LogP contribution in [0, 0.1) is 0 Å². The number of unbranched alkanes of at least 4 members (excludes halogenated alkanes) is 3. The van der Waals surface area contributed by atoms with Gasteiger partial charge < -0.3 is 14.9 Å². The van der Waals surface area contributed by atoms with Gasteiger partial charge in [-0.1, -0.05) is 58.9 Å². The van der Waals surface area contributed by atoms with Crippen molar-refractivity contribution in [3.8, 4) is 5.75 Å². The van der Waals surface area contributed by atoms with E-state index in [2.05, 4.69) is 6.92 Å². The van der Waals surface area contributed by atoms with E-state index >= 15 is 0 Å². The van der Waals surface area contributed by atoms with E-state index in [9.17, 15) is 19.5 Å². The first kappa shape index (κ1) is 21.2. The summed E-state index contributed by atoms with van der Waals surface area (Å²) in [6.45, 7) is 6.17. The third-order valence-corrected chi connectivity index (χ3v) is 6.64. The van der Waals surface area contributed by atoms with Gasteiger partial charge in [-0.15, -0.1) is 0 Å². The summed E-state index contributed by atoms with van der Waals surface area (Å²) in [7, 11) is -4.34. The third kappa shape index (κ3) is 5.08. The predicted octanol–water partition coefficient (Wildman–Crippen LogP) is 5.49. The van der Waals surface area contributed by atoms with E-state index in [4.69, 9.17) is 0 Å². The average Bonchev–Trinajstić information content (AvgIpc) is 2.53. The van der Waals surface area contributed by atoms with E-state index in [1.165, 1.54) is 0 Å². The molecule has 1 aromatic carbocycles. The molecule has 3 N–H and O–H groups in total. The number of aryl methyl sites for hydroxylation is 1. The smallest absolute Gasteiger partial charge is 0.336 e. The Labute approximate surface area is 146 Å². The summed E-state index contributed by atoms with van der Waals surface area (Å²) in [5.41, 5.74) is 1.62. The lowest BCUT2D eigenvalue weighted by Crippen LogP contribution is -2.28. The first-order valence-corrected chi connectivity index (χ1v) is 10.8. The van der Waals surface area contributed by atoms with Gasteiger partial charge in [0.15, 0.2) is 0 Å². The molecule has 1 rings (SSSR count). The summed E-state index contributed by atoms with van der Waals surface area (Å²) in [5.74, 6) is 0.162. The zero-order valence-corrected chi connectivity index (χ0v) is 16.2. The van der Waals surface area contributed by atoms with Crippen molar-refractivity contribution in [1.29, 1.82) is 0 Å². The lowest BCUT2D eigenvalue weighted by Gasteiger charge is -2.37. The van der Waals surface area contributed by atoms with Crippen molar-refractivity contribution in [2.45, 2.75) is 83.7 Å². The maximum Gasteiger partial charge on any atom is 0.336 e. The zero-order valence-electron chi connectivity index (χ0n) is 15.3. The highest BCUT2D eigenvalue weighted by molar-refractivity contribution is 7.53. The second kappa shape index (κ2) is 9.60. The number of benzene rings is 1. The van der Waals surface area contributed by atoms with Gasteiger partial charge in [0.05, 0.1) is 5.16 Å². The van der Waals surface area contributed by atoms with Crippen molar-refractivity contribution in [1.82, 2.24) is 0 Å². The second-order valence-corrected chi connectivity index (χ2v) is 8.67. The van der Waals surface area contributed by atoms with E-state index in [0.29, 0.717) is 12.8 Å². The molecule has 0 aliphatic heterocycles. The van der Waals surface area contributed by atoms with Gasteiger partial charge in [-0.2, -0.15) is 0 Å². The summed E-state index contributed by atoms with van der Waals surface area (Å²) in [6.07, 6.45) is 7.01. The highest BCUT2D eigenvalue weighted by atomic mass is 31.2. The fraction of sp³-hybridized carbons (Fsp3) is 0.684. The Kier molecular flexibility index (Phi) is 8.49. The molecule has 1 aromatic rings. The van der Waals surface area contributed by atoms with Crippen LogP contribution in [0.25, 0.3) is 0 Å². The van der Waals surface area contributed by atoms with Gasteiger partial charge in [0.1, 0.15) is 5.75 Å². The molecule has 138 valence electrons. The number of aromatic hydroxyl groups is 1. The zero-order chi connectivity index (χ0) is 18.2. The number of phenolic OH excluding ortho intramolecular Hbond substituents is 1. The van der Waals surface area contributed by atoms with E-state index in [-0.39, 0.29) is 5.75 Å². The number of phenols is 1. The van der Waals surface area contributed by atoms with Crippen LogP contribution in [0.3, 0.4) is 0 Å². The molecule has 0 spiro atoms. The summed E-state index contributed by atoms with van der Waals surface area (Å²) in [6, 6.07) is 4.99. The molecule has 4 nitrogen and oxygen atoms in total. The predicted molar refractivity (Wildman–Crippen MR) is 99.5 cm³/mol. The van der Waals surface area contributed by atoms with Crippen LogP contribution in [0.1, 0.15) is 83.3 Å². The Bertz CT molecular complexity index is 542. The van der Waals surface area contributed by atoms with Crippen molar-refractivity contribution >= 4 is 7.60 Å². The second-order valence-electron chi connectivity index (χ2n) is 6.73. The molecule has 0 radical (unpaired) electrons. The number of rotatable bonds is 11. The highest BCUT2D eigenvalue weighted by Gasteiger charge is 2.48. The molecule has 0 unspecified atom stereocenters. The van der Waals surface area contributed by atoms with Gasteiger partial charge in [-0.3, -0.25) is 4.57 Å². The summed E-state index contributed by atoms with van der Waals surface area (Å²) in [4.78, 5) is 20.6. The Morgan fingerprint density at radius 3 is 1.96 bits per heavy atom. The minimum atomic E-state index is -4.34. The first-order valence-electron chi connectivity index (χ1n) is 9.20. The van der Waals surface area contributed by atoms with Crippen LogP contribution in [0.5, 0.6) is 5.75 Å². The Morgan fingerprint density at radius 2 is 1.50 bits per heavy atom. The van der Waals surface area contributed by atoms with E-state index in [1.54, 1.807) is 18.2 Å². The quantitative estimate of drug-likeness (QED) is 0.458. The first-order chi connectivity index (χ1) is 11.3.